The smallest absolute Gasteiger partial charge is 0.317 e. The van der Waals surface area contributed by atoms with Gasteiger partial charge in [-0.3, -0.25) is 0 Å². The highest BCUT2D eigenvalue weighted by molar-refractivity contribution is 7.09. The average Bonchev–Trinajstić information content (AvgIpc) is 3.27. The van der Waals surface area contributed by atoms with E-state index in [-0.39, 0.29) is 12.1 Å². The summed E-state index contributed by atoms with van der Waals surface area (Å²) < 4.78 is 5.56. The van der Waals surface area contributed by atoms with Crippen LogP contribution in [0.25, 0.3) is 11.3 Å². The minimum absolute atomic E-state index is 0.0506. The number of hydrogen-bond acceptors (Lipinski definition) is 4. The van der Waals surface area contributed by atoms with Crippen molar-refractivity contribution in [2.75, 3.05) is 26.7 Å². The molecule has 1 N–H and O–H groups in total. The Bertz CT molecular complexity index is 653. The van der Waals surface area contributed by atoms with E-state index >= 15 is 0 Å². The Morgan fingerprint density at radius 3 is 3.00 bits per heavy atom. The van der Waals surface area contributed by atoms with Crippen LogP contribution < -0.4 is 5.32 Å². The zero-order chi connectivity index (χ0) is 16.8. The van der Waals surface area contributed by atoms with Crippen LogP contribution in [0.3, 0.4) is 0 Å². The molecule has 1 fully saturated rings. The molecule has 6 heteroatoms. The molecule has 128 valence electrons. The van der Waals surface area contributed by atoms with Gasteiger partial charge < -0.3 is 15.0 Å². The van der Waals surface area contributed by atoms with Crippen molar-refractivity contribution in [2.45, 2.75) is 25.4 Å². The SMILES string of the molecule is CN(CC1CCCO1)C(=O)NCCc1nc(-c2ccccc2)cs1. The minimum atomic E-state index is -0.0506. The van der Waals surface area contributed by atoms with E-state index in [1.54, 1.807) is 16.2 Å². The molecule has 3 rings (SSSR count). The van der Waals surface area contributed by atoms with Crippen molar-refractivity contribution in [3.05, 3.63) is 40.7 Å². The van der Waals surface area contributed by atoms with Crippen molar-refractivity contribution in [2.24, 2.45) is 0 Å². The van der Waals surface area contributed by atoms with Gasteiger partial charge in [0.1, 0.15) is 0 Å². The lowest BCUT2D eigenvalue weighted by Crippen LogP contribution is -2.41. The van der Waals surface area contributed by atoms with Crippen LogP contribution in [-0.4, -0.2) is 48.8 Å². The number of hydrogen-bond donors (Lipinski definition) is 1. The minimum Gasteiger partial charge on any atom is -0.376 e. The second-order valence-electron chi connectivity index (χ2n) is 5.99. The zero-order valence-corrected chi connectivity index (χ0v) is 14.7. The van der Waals surface area contributed by atoms with E-state index in [1.807, 2.05) is 25.2 Å². The van der Waals surface area contributed by atoms with Crippen molar-refractivity contribution in [1.29, 1.82) is 0 Å². The monoisotopic (exact) mass is 345 g/mol. The molecular weight excluding hydrogens is 322 g/mol. The topological polar surface area (TPSA) is 54.5 Å². The highest BCUT2D eigenvalue weighted by Crippen LogP contribution is 2.21. The molecule has 0 spiro atoms. The molecule has 0 radical (unpaired) electrons. The Kier molecular flexibility index (Phi) is 5.82. The Balaban J connectivity index is 1.43. The first-order valence-electron chi connectivity index (χ1n) is 8.33. The Morgan fingerprint density at radius 1 is 1.42 bits per heavy atom. The number of thiazole rings is 1. The molecule has 1 atom stereocenters. The number of urea groups is 1. The van der Waals surface area contributed by atoms with Crippen molar-refractivity contribution in [1.82, 2.24) is 15.2 Å². The summed E-state index contributed by atoms with van der Waals surface area (Å²) in [5.41, 5.74) is 2.12. The summed E-state index contributed by atoms with van der Waals surface area (Å²) in [5.74, 6) is 0. The molecule has 1 unspecified atom stereocenters. The molecular formula is C18H23N3O2S. The van der Waals surface area contributed by atoms with Gasteiger partial charge in [0.15, 0.2) is 0 Å². The highest BCUT2D eigenvalue weighted by atomic mass is 32.1. The number of nitrogens with zero attached hydrogens (tertiary/aromatic N) is 2. The first kappa shape index (κ1) is 16.9. The predicted octanol–water partition coefficient (Wildman–Crippen LogP) is 3.17. The van der Waals surface area contributed by atoms with E-state index in [4.69, 9.17) is 4.74 Å². The molecule has 1 aromatic heterocycles. The van der Waals surface area contributed by atoms with Crippen LogP contribution in [0.5, 0.6) is 0 Å². The lowest BCUT2D eigenvalue weighted by Gasteiger charge is -2.21. The maximum Gasteiger partial charge on any atom is 0.317 e. The summed E-state index contributed by atoms with van der Waals surface area (Å²) in [6.45, 7) is 2.06. The summed E-state index contributed by atoms with van der Waals surface area (Å²) in [6, 6.07) is 10.1. The Labute approximate surface area is 146 Å². The van der Waals surface area contributed by atoms with Crippen molar-refractivity contribution in [3.8, 4) is 11.3 Å². The normalized spacial score (nSPS) is 17.0. The van der Waals surface area contributed by atoms with Gasteiger partial charge in [0.2, 0.25) is 0 Å². The summed E-state index contributed by atoms with van der Waals surface area (Å²) in [5, 5.41) is 6.06. The van der Waals surface area contributed by atoms with Crippen LogP contribution in [0, 0.1) is 0 Å². The number of carbonyl (C=O) groups excluding carboxylic acids is 1. The van der Waals surface area contributed by atoms with Gasteiger partial charge in [-0.15, -0.1) is 11.3 Å². The second-order valence-corrected chi connectivity index (χ2v) is 6.93. The van der Waals surface area contributed by atoms with Crippen LogP contribution in [0.15, 0.2) is 35.7 Å². The van der Waals surface area contributed by atoms with E-state index < -0.39 is 0 Å². The van der Waals surface area contributed by atoms with Crippen molar-refractivity contribution < 1.29 is 9.53 Å². The number of amides is 2. The maximum absolute atomic E-state index is 12.1. The average molecular weight is 345 g/mol. The lowest BCUT2D eigenvalue weighted by molar-refractivity contribution is 0.0875. The Hall–Kier alpha value is -1.92. The number of aromatic nitrogens is 1. The number of rotatable bonds is 6. The maximum atomic E-state index is 12.1. The van der Waals surface area contributed by atoms with Gasteiger partial charge in [0, 0.05) is 44.1 Å². The molecule has 1 aliphatic heterocycles. The molecule has 0 saturated carbocycles. The van der Waals surface area contributed by atoms with Gasteiger partial charge in [0.05, 0.1) is 16.8 Å². The molecule has 1 aromatic carbocycles. The van der Waals surface area contributed by atoms with Gasteiger partial charge in [-0.1, -0.05) is 30.3 Å². The molecule has 2 heterocycles. The molecule has 1 aliphatic rings. The fraction of sp³-hybridized carbons (Fsp3) is 0.444. The van der Waals surface area contributed by atoms with E-state index in [0.29, 0.717) is 13.1 Å². The fourth-order valence-electron chi connectivity index (χ4n) is 2.76. The van der Waals surface area contributed by atoms with Crippen LogP contribution >= 0.6 is 11.3 Å². The van der Waals surface area contributed by atoms with E-state index in [1.165, 1.54) is 0 Å². The summed E-state index contributed by atoms with van der Waals surface area (Å²) in [4.78, 5) is 18.4. The van der Waals surface area contributed by atoms with Crippen LogP contribution in [0.4, 0.5) is 4.79 Å². The quantitative estimate of drug-likeness (QED) is 0.875. The highest BCUT2D eigenvalue weighted by Gasteiger charge is 2.19. The van der Waals surface area contributed by atoms with Crippen LogP contribution in [-0.2, 0) is 11.2 Å². The molecule has 2 aromatic rings. The van der Waals surface area contributed by atoms with Crippen LogP contribution in [0.1, 0.15) is 17.8 Å². The van der Waals surface area contributed by atoms with Crippen LogP contribution in [0.2, 0.25) is 0 Å². The predicted molar refractivity (Wildman–Crippen MR) is 96.3 cm³/mol. The summed E-state index contributed by atoms with van der Waals surface area (Å²) in [6.07, 6.45) is 3.07. The first-order chi connectivity index (χ1) is 11.7. The van der Waals surface area contributed by atoms with Crippen molar-refractivity contribution >= 4 is 17.4 Å². The summed E-state index contributed by atoms with van der Waals surface area (Å²) >= 11 is 1.63. The van der Waals surface area contributed by atoms with Gasteiger partial charge in [-0.05, 0) is 12.8 Å². The fourth-order valence-corrected chi connectivity index (χ4v) is 3.56. The molecule has 1 saturated heterocycles. The number of likely N-dealkylation sites (N-methyl/N-ethyl adjacent to an activating group) is 1. The second kappa shape index (κ2) is 8.26. The van der Waals surface area contributed by atoms with E-state index in [9.17, 15) is 4.79 Å². The van der Waals surface area contributed by atoms with E-state index in [2.05, 4.69) is 27.8 Å². The third-order valence-electron chi connectivity index (χ3n) is 4.08. The van der Waals surface area contributed by atoms with Gasteiger partial charge in [-0.2, -0.15) is 0 Å². The molecule has 2 amide bonds. The van der Waals surface area contributed by atoms with E-state index in [0.717, 1.165) is 42.1 Å². The largest absolute Gasteiger partial charge is 0.376 e. The number of carbonyl (C=O) groups is 1. The lowest BCUT2D eigenvalue weighted by atomic mass is 10.2. The van der Waals surface area contributed by atoms with Gasteiger partial charge in [0.25, 0.3) is 0 Å². The zero-order valence-electron chi connectivity index (χ0n) is 13.9. The molecule has 0 aliphatic carbocycles. The third-order valence-corrected chi connectivity index (χ3v) is 4.99. The number of ether oxygens (including phenoxy) is 1. The molecule has 0 bridgehead atoms. The van der Waals surface area contributed by atoms with Gasteiger partial charge in [-0.25, -0.2) is 9.78 Å². The third kappa shape index (κ3) is 4.55. The first-order valence-corrected chi connectivity index (χ1v) is 9.21. The Morgan fingerprint density at radius 2 is 2.25 bits per heavy atom. The van der Waals surface area contributed by atoms with Gasteiger partial charge >= 0.3 is 6.03 Å². The summed E-state index contributed by atoms with van der Waals surface area (Å²) in [7, 11) is 1.81. The van der Waals surface area contributed by atoms with Crippen molar-refractivity contribution in [3.63, 3.8) is 0 Å². The molecule has 5 nitrogen and oxygen atoms in total. The number of nitrogens with one attached hydrogen (secondary N) is 1. The number of benzene rings is 1. The molecule has 24 heavy (non-hydrogen) atoms. The standard InChI is InChI=1S/C18H23N3O2S/c1-21(12-15-8-5-11-23-15)18(22)19-10-9-17-20-16(13-24-17)14-6-3-2-4-7-14/h2-4,6-7,13,15H,5,8-12H2,1H3,(H,19,22).